The van der Waals surface area contributed by atoms with Crippen LogP contribution in [0, 0.1) is 6.92 Å². The van der Waals surface area contributed by atoms with E-state index in [-0.39, 0.29) is 5.41 Å². The summed E-state index contributed by atoms with van der Waals surface area (Å²) in [4.78, 5) is 20.0. The normalized spacial score (nSPS) is 11.8. The number of carboxylic acid groups (broad SMARTS) is 1. The molecule has 18 heavy (non-hydrogen) atoms. The van der Waals surface area contributed by atoms with Gasteiger partial charge in [0, 0.05) is 11.1 Å². The Labute approximate surface area is 110 Å². The van der Waals surface area contributed by atoms with Crippen LogP contribution in [0.3, 0.4) is 0 Å². The average Bonchev–Trinajstić information content (AvgIpc) is 2.81. The second kappa shape index (κ2) is 4.24. The molecule has 0 bridgehead atoms. The Morgan fingerprint density at radius 2 is 2.06 bits per heavy atom. The predicted octanol–water partition coefficient (Wildman–Crippen LogP) is 3.44. The van der Waals surface area contributed by atoms with Crippen molar-refractivity contribution in [3.8, 4) is 10.6 Å². The quantitative estimate of drug-likeness (QED) is 0.873. The zero-order valence-electron chi connectivity index (χ0n) is 10.9. The molecule has 2 N–H and O–H groups in total. The molecule has 5 heteroatoms. The lowest BCUT2D eigenvalue weighted by Gasteiger charge is -2.13. The van der Waals surface area contributed by atoms with E-state index in [0.29, 0.717) is 4.88 Å². The van der Waals surface area contributed by atoms with Crippen molar-refractivity contribution in [1.29, 1.82) is 0 Å². The lowest BCUT2D eigenvalue weighted by molar-refractivity contribution is 0.0702. The molecule has 0 spiro atoms. The minimum Gasteiger partial charge on any atom is -0.477 e. The Morgan fingerprint density at radius 1 is 1.39 bits per heavy atom. The van der Waals surface area contributed by atoms with Gasteiger partial charge >= 0.3 is 5.97 Å². The molecule has 2 rings (SSSR count). The summed E-state index contributed by atoms with van der Waals surface area (Å²) in [6.45, 7) is 8.22. The van der Waals surface area contributed by atoms with Crippen LogP contribution in [0.5, 0.6) is 0 Å². The highest BCUT2D eigenvalue weighted by molar-refractivity contribution is 7.17. The van der Waals surface area contributed by atoms with Gasteiger partial charge < -0.3 is 10.1 Å². The van der Waals surface area contributed by atoms with Crippen LogP contribution < -0.4 is 0 Å². The summed E-state index contributed by atoms with van der Waals surface area (Å²) in [5.74, 6) is 0.0239. The van der Waals surface area contributed by atoms with Crippen LogP contribution in [0.4, 0.5) is 0 Å². The minimum absolute atomic E-state index is 0.0457. The fraction of sp³-hybridized carbons (Fsp3) is 0.385. The Bertz CT molecular complexity index is 590. The van der Waals surface area contributed by atoms with E-state index in [9.17, 15) is 4.79 Å². The van der Waals surface area contributed by atoms with Crippen molar-refractivity contribution in [2.24, 2.45) is 0 Å². The molecular weight excluding hydrogens is 248 g/mol. The first kappa shape index (κ1) is 12.8. The van der Waals surface area contributed by atoms with Gasteiger partial charge in [0.2, 0.25) is 0 Å². The van der Waals surface area contributed by atoms with E-state index in [1.165, 1.54) is 11.3 Å². The van der Waals surface area contributed by atoms with Crippen molar-refractivity contribution in [3.05, 3.63) is 28.5 Å². The maximum Gasteiger partial charge on any atom is 0.345 e. The number of aromatic carboxylic acids is 1. The number of H-pyrrole nitrogens is 1. The maximum atomic E-state index is 10.9. The number of carbonyl (C=O) groups is 1. The highest BCUT2D eigenvalue weighted by Gasteiger charge is 2.21. The molecule has 0 aliphatic rings. The molecule has 0 amide bonds. The lowest BCUT2D eigenvalue weighted by Crippen LogP contribution is -2.13. The molecule has 0 fully saturated rings. The van der Waals surface area contributed by atoms with Gasteiger partial charge in [0.05, 0.1) is 4.88 Å². The lowest BCUT2D eigenvalue weighted by atomic mass is 9.96. The second-order valence-corrected chi connectivity index (χ2v) is 6.36. The van der Waals surface area contributed by atoms with Gasteiger partial charge in [0.15, 0.2) is 0 Å². The first-order valence-electron chi connectivity index (χ1n) is 5.69. The van der Waals surface area contributed by atoms with Gasteiger partial charge in [0.1, 0.15) is 16.4 Å². The predicted molar refractivity (Wildman–Crippen MR) is 72.3 cm³/mol. The maximum absolute atomic E-state index is 10.9. The van der Waals surface area contributed by atoms with E-state index in [1.54, 1.807) is 6.07 Å². The summed E-state index contributed by atoms with van der Waals surface area (Å²) in [5, 5.41) is 8.93. The number of rotatable bonds is 2. The summed E-state index contributed by atoms with van der Waals surface area (Å²) < 4.78 is 0. The summed E-state index contributed by atoms with van der Waals surface area (Å²) in [6.07, 6.45) is 0. The summed E-state index contributed by atoms with van der Waals surface area (Å²) >= 11 is 1.25. The Kier molecular flexibility index (Phi) is 3.02. The zero-order chi connectivity index (χ0) is 13.5. The molecule has 0 aliphatic carbocycles. The van der Waals surface area contributed by atoms with Crippen molar-refractivity contribution in [1.82, 2.24) is 9.97 Å². The Hall–Kier alpha value is -1.62. The molecule has 4 nitrogen and oxygen atoms in total. The molecule has 2 aromatic rings. The molecule has 0 aromatic carbocycles. The van der Waals surface area contributed by atoms with Crippen molar-refractivity contribution in [2.45, 2.75) is 33.1 Å². The number of aryl methyl sites for hydroxylation is 1. The van der Waals surface area contributed by atoms with Gasteiger partial charge in [-0.15, -0.1) is 11.3 Å². The molecule has 0 atom stereocenters. The van der Waals surface area contributed by atoms with E-state index in [2.05, 4.69) is 30.7 Å². The molecule has 0 radical (unpaired) electrons. The number of carboxylic acids is 1. The minimum atomic E-state index is -0.893. The van der Waals surface area contributed by atoms with E-state index in [1.807, 2.05) is 13.0 Å². The van der Waals surface area contributed by atoms with Crippen LogP contribution in [0.25, 0.3) is 10.6 Å². The monoisotopic (exact) mass is 264 g/mol. The van der Waals surface area contributed by atoms with Gasteiger partial charge in [-0.1, -0.05) is 20.8 Å². The van der Waals surface area contributed by atoms with Crippen LogP contribution >= 0.6 is 11.3 Å². The molecule has 2 aromatic heterocycles. The highest BCUT2D eigenvalue weighted by Crippen LogP contribution is 2.31. The number of hydrogen-bond acceptors (Lipinski definition) is 3. The fourth-order valence-electron chi connectivity index (χ4n) is 1.64. The number of nitrogens with zero attached hydrogens (tertiary/aromatic N) is 1. The van der Waals surface area contributed by atoms with Crippen LogP contribution in [0.2, 0.25) is 0 Å². The molecule has 96 valence electrons. The van der Waals surface area contributed by atoms with Crippen LogP contribution in [-0.2, 0) is 5.41 Å². The van der Waals surface area contributed by atoms with Gasteiger partial charge in [0.25, 0.3) is 0 Å². The third-order valence-corrected chi connectivity index (χ3v) is 3.73. The first-order valence-corrected chi connectivity index (χ1v) is 6.51. The molecule has 0 saturated heterocycles. The number of aromatic amines is 1. The molecule has 0 saturated carbocycles. The van der Waals surface area contributed by atoms with Crippen LogP contribution in [0.1, 0.15) is 42.0 Å². The van der Waals surface area contributed by atoms with Gasteiger partial charge in [-0.25, -0.2) is 9.78 Å². The van der Waals surface area contributed by atoms with E-state index in [4.69, 9.17) is 5.11 Å². The number of hydrogen-bond donors (Lipinski definition) is 2. The molecule has 0 aliphatic heterocycles. The topological polar surface area (TPSA) is 66.0 Å². The van der Waals surface area contributed by atoms with E-state index < -0.39 is 5.97 Å². The number of aromatic nitrogens is 2. The third-order valence-electron chi connectivity index (χ3n) is 2.65. The smallest absolute Gasteiger partial charge is 0.345 e. The van der Waals surface area contributed by atoms with Crippen molar-refractivity contribution in [2.75, 3.05) is 0 Å². The molecule has 0 unspecified atom stereocenters. The van der Waals surface area contributed by atoms with Gasteiger partial charge in [-0.05, 0) is 19.1 Å². The SMILES string of the molecule is Cc1[nH]c(C(C)(C)C)nc1-c1ccc(C(=O)O)s1. The van der Waals surface area contributed by atoms with Gasteiger partial charge in [-0.2, -0.15) is 0 Å². The number of imidazole rings is 1. The highest BCUT2D eigenvalue weighted by atomic mass is 32.1. The Morgan fingerprint density at radius 3 is 2.50 bits per heavy atom. The number of nitrogens with one attached hydrogen (secondary N) is 1. The van der Waals surface area contributed by atoms with Crippen LogP contribution in [-0.4, -0.2) is 21.0 Å². The average molecular weight is 264 g/mol. The zero-order valence-corrected chi connectivity index (χ0v) is 11.7. The fourth-order valence-corrected chi connectivity index (χ4v) is 2.53. The van der Waals surface area contributed by atoms with Crippen molar-refractivity contribution >= 4 is 17.3 Å². The standard InChI is InChI=1S/C13H16N2O2S/c1-7-10(15-12(14-7)13(2,3)4)8-5-6-9(18-8)11(16)17/h5-6H,1-4H3,(H,14,15)(H,16,17). The molecule has 2 heterocycles. The first-order chi connectivity index (χ1) is 8.29. The van der Waals surface area contributed by atoms with E-state index in [0.717, 1.165) is 22.1 Å². The van der Waals surface area contributed by atoms with Crippen molar-refractivity contribution < 1.29 is 9.90 Å². The third kappa shape index (κ3) is 2.31. The van der Waals surface area contributed by atoms with E-state index >= 15 is 0 Å². The van der Waals surface area contributed by atoms with Gasteiger partial charge in [-0.3, -0.25) is 0 Å². The molecular formula is C13H16N2O2S. The van der Waals surface area contributed by atoms with Crippen LogP contribution in [0.15, 0.2) is 12.1 Å². The number of thiophene rings is 1. The largest absolute Gasteiger partial charge is 0.477 e. The summed E-state index contributed by atoms with van der Waals surface area (Å²) in [7, 11) is 0. The second-order valence-electron chi connectivity index (χ2n) is 5.28. The Balaban J connectivity index is 2.44. The summed E-state index contributed by atoms with van der Waals surface area (Å²) in [6, 6.07) is 3.43. The van der Waals surface area contributed by atoms with Crippen molar-refractivity contribution in [3.63, 3.8) is 0 Å². The summed E-state index contributed by atoms with van der Waals surface area (Å²) in [5.41, 5.74) is 1.77.